The van der Waals surface area contributed by atoms with Crippen LogP contribution in [-0.2, 0) is 4.79 Å². The van der Waals surface area contributed by atoms with Gasteiger partial charge in [-0.15, -0.1) is 0 Å². The third-order valence-corrected chi connectivity index (χ3v) is 3.89. The summed E-state index contributed by atoms with van der Waals surface area (Å²) >= 11 is 0. The van der Waals surface area contributed by atoms with Crippen LogP contribution in [0.2, 0.25) is 0 Å². The quantitative estimate of drug-likeness (QED) is 0.736. The van der Waals surface area contributed by atoms with Crippen molar-refractivity contribution < 1.29 is 14.7 Å². The molecule has 2 rings (SSSR count). The minimum absolute atomic E-state index is 0.0315. The summed E-state index contributed by atoms with van der Waals surface area (Å²) in [6.45, 7) is 4.02. The van der Waals surface area contributed by atoms with Crippen molar-refractivity contribution in [1.82, 2.24) is 10.2 Å². The predicted molar refractivity (Wildman–Crippen MR) is 89.4 cm³/mol. The van der Waals surface area contributed by atoms with E-state index in [4.69, 9.17) is 0 Å². The molecule has 0 saturated carbocycles. The van der Waals surface area contributed by atoms with Crippen molar-refractivity contribution in [3.05, 3.63) is 29.8 Å². The van der Waals surface area contributed by atoms with Crippen molar-refractivity contribution in [2.75, 3.05) is 31.5 Å². The Kier molecular flexibility index (Phi) is 6.40. The van der Waals surface area contributed by atoms with E-state index in [1.54, 1.807) is 23.1 Å². The lowest BCUT2D eigenvalue weighted by atomic mass is 10.1. The zero-order chi connectivity index (χ0) is 16.7. The highest BCUT2D eigenvalue weighted by molar-refractivity contribution is 5.95. The maximum atomic E-state index is 12.5. The largest absolute Gasteiger partial charge is 0.393 e. The lowest BCUT2D eigenvalue weighted by Crippen LogP contribution is -2.40. The van der Waals surface area contributed by atoms with Crippen molar-refractivity contribution in [1.29, 1.82) is 0 Å². The molecule has 3 N–H and O–H groups in total. The second-order valence-corrected chi connectivity index (χ2v) is 5.81. The first-order chi connectivity index (χ1) is 11.1. The van der Waals surface area contributed by atoms with Crippen LogP contribution >= 0.6 is 0 Å². The van der Waals surface area contributed by atoms with Crippen molar-refractivity contribution >= 4 is 17.5 Å². The van der Waals surface area contributed by atoms with E-state index in [0.29, 0.717) is 38.0 Å². The molecule has 1 aliphatic rings. The summed E-state index contributed by atoms with van der Waals surface area (Å²) in [5, 5.41) is 15.4. The molecule has 6 heteroatoms. The molecule has 1 aromatic rings. The average Bonchev–Trinajstić information content (AvgIpc) is 2.58. The van der Waals surface area contributed by atoms with Gasteiger partial charge in [-0.05, 0) is 37.5 Å². The van der Waals surface area contributed by atoms with Crippen molar-refractivity contribution in [2.24, 2.45) is 0 Å². The minimum Gasteiger partial charge on any atom is -0.393 e. The topological polar surface area (TPSA) is 81.7 Å². The van der Waals surface area contributed by atoms with E-state index in [9.17, 15) is 14.7 Å². The van der Waals surface area contributed by atoms with E-state index in [1.165, 1.54) is 0 Å². The lowest BCUT2D eigenvalue weighted by Gasteiger charge is -2.29. The van der Waals surface area contributed by atoms with Crippen LogP contribution < -0.4 is 10.6 Å². The normalized spacial score (nSPS) is 15.3. The van der Waals surface area contributed by atoms with Gasteiger partial charge in [-0.25, -0.2) is 0 Å². The number of hydrogen-bond acceptors (Lipinski definition) is 4. The second-order valence-electron chi connectivity index (χ2n) is 5.81. The van der Waals surface area contributed by atoms with Gasteiger partial charge in [0.15, 0.2) is 0 Å². The molecule has 0 spiro atoms. The van der Waals surface area contributed by atoms with Gasteiger partial charge in [-0.2, -0.15) is 0 Å². The third-order valence-electron chi connectivity index (χ3n) is 3.89. The van der Waals surface area contributed by atoms with Crippen LogP contribution in [0, 0.1) is 0 Å². The summed E-state index contributed by atoms with van der Waals surface area (Å²) in [6.07, 6.45) is 1.86. The predicted octanol–water partition coefficient (Wildman–Crippen LogP) is 1.22. The van der Waals surface area contributed by atoms with Crippen LogP contribution in [0.25, 0.3) is 0 Å². The van der Waals surface area contributed by atoms with E-state index < -0.39 is 0 Å². The van der Waals surface area contributed by atoms with E-state index in [0.717, 1.165) is 12.1 Å². The number of nitrogens with zero attached hydrogens (tertiary/aromatic N) is 1. The van der Waals surface area contributed by atoms with E-state index in [1.807, 2.05) is 13.0 Å². The first kappa shape index (κ1) is 17.3. The smallest absolute Gasteiger partial charge is 0.253 e. The molecule has 2 amide bonds. The number of piperidine rings is 1. The fourth-order valence-corrected chi connectivity index (χ4v) is 2.52. The molecule has 126 valence electrons. The molecule has 0 aromatic heterocycles. The molecule has 0 radical (unpaired) electrons. The Morgan fingerprint density at radius 2 is 2.04 bits per heavy atom. The molecule has 1 saturated heterocycles. The number of amides is 2. The number of benzene rings is 1. The molecule has 1 fully saturated rings. The lowest BCUT2D eigenvalue weighted by molar-refractivity contribution is -0.119. The van der Waals surface area contributed by atoms with Crippen molar-refractivity contribution in [2.45, 2.75) is 32.3 Å². The maximum Gasteiger partial charge on any atom is 0.253 e. The fraction of sp³-hybridized carbons (Fsp3) is 0.529. The first-order valence-electron chi connectivity index (χ1n) is 8.18. The van der Waals surface area contributed by atoms with Crippen LogP contribution in [0.1, 0.15) is 36.5 Å². The summed E-state index contributed by atoms with van der Waals surface area (Å²) < 4.78 is 0. The Bertz CT molecular complexity index is 540. The number of anilines is 1. The molecule has 0 bridgehead atoms. The van der Waals surface area contributed by atoms with Crippen molar-refractivity contribution in [3.8, 4) is 0 Å². The van der Waals surface area contributed by atoms with Gasteiger partial charge in [0.2, 0.25) is 5.91 Å². The summed E-state index contributed by atoms with van der Waals surface area (Å²) in [4.78, 5) is 25.8. The number of rotatable bonds is 6. The Labute approximate surface area is 136 Å². The van der Waals surface area contributed by atoms with Gasteiger partial charge in [0, 0.05) is 30.9 Å². The van der Waals surface area contributed by atoms with Gasteiger partial charge < -0.3 is 20.6 Å². The number of hydrogen-bond donors (Lipinski definition) is 3. The standard InChI is InChI=1S/C17H25N3O3/c1-2-8-18-16(22)12-19-14-5-3-4-13(11-14)17(23)20-9-6-15(21)7-10-20/h3-5,11,15,19,21H,2,6-10,12H2,1H3,(H,18,22). The van der Waals surface area contributed by atoms with Crippen LogP contribution in [-0.4, -0.2) is 54.1 Å². The number of carbonyl (C=O) groups excluding carboxylic acids is 2. The number of likely N-dealkylation sites (tertiary alicyclic amines) is 1. The average molecular weight is 319 g/mol. The second kappa shape index (κ2) is 8.53. The Morgan fingerprint density at radius 3 is 2.74 bits per heavy atom. The molecule has 1 heterocycles. The third kappa shape index (κ3) is 5.25. The monoisotopic (exact) mass is 319 g/mol. The van der Waals surface area contributed by atoms with E-state index >= 15 is 0 Å². The molecule has 0 atom stereocenters. The number of aliphatic hydroxyl groups is 1. The number of nitrogens with one attached hydrogen (secondary N) is 2. The summed E-state index contributed by atoms with van der Waals surface area (Å²) in [5.41, 5.74) is 1.35. The zero-order valence-corrected chi connectivity index (χ0v) is 13.5. The molecule has 1 aromatic carbocycles. The molecule has 1 aliphatic heterocycles. The highest BCUT2D eigenvalue weighted by Gasteiger charge is 2.22. The highest BCUT2D eigenvalue weighted by Crippen LogP contribution is 2.16. The van der Waals surface area contributed by atoms with Crippen LogP contribution in [0.3, 0.4) is 0 Å². The van der Waals surface area contributed by atoms with Gasteiger partial charge in [0.1, 0.15) is 0 Å². The van der Waals surface area contributed by atoms with E-state index in [-0.39, 0.29) is 24.5 Å². The summed E-state index contributed by atoms with van der Waals surface area (Å²) in [6, 6.07) is 7.18. The van der Waals surface area contributed by atoms with Gasteiger partial charge >= 0.3 is 0 Å². The van der Waals surface area contributed by atoms with Crippen LogP contribution in [0.15, 0.2) is 24.3 Å². The number of carbonyl (C=O) groups is 2. The fourth-order valence-electron chi connectivity index (χ4n) is 2.52. The van der Waals surface area contributed by atoms with Crippen molar-refractivity contribution in [3.63, 3.8) is 0 Å². The van der Waals surface area contributed by atoms with E-state index in [2.05, 4.69) is 10.6 Å². The van der Waals surface area contributed by atoms with Crippen LogP contribution in [0.5, 0.6) is 0 Å². The van der Waals surface area contributed by atoms with Gasteiger partial charge in [-0.3, -0.25) is 9.59 Å². The molecule has 6 nitrogen and oxygen atoms in total. The minimum atomic E-state index is -0.298. The highest BCUT2D eigenvalue weighted by atomic mass is 16.3. The summed E-state index contributed by atoms with van der Waals surface area (Å²) in [5.74, 6) is -0.0930. The van der Waals surface area contributed by atoms with Crippen LogP contribution in [0.4, 0.5) is 5.69 Å². The Balaban J connectivity index is 1.91. The molecular formula is C17H25N3O3. The van der Waals surface area contributed by atoms with Gasteiger partial charge in [0.05, 0.1) is 12.6 Å². The maximum absolute atomic E-state index is 12.5. The van der Waals surface area contributed by atoms with Gasteiger partial charge in [-0.1, -0.05) is 13.0 Å². The molecular weight excluding hydrogens is 294 g/mol. The summed E-state index contributed by atoms with van der Waals surface area (Å²) in [7, 11) is 0. The SMILES string of the molecule is CCCNC(=O)CNc1cccc(C(=O)N2CCC(O)CC2)c1. The zero-order valence-electron chi connectivity index (χ0n) is 13.5. The molecule has 23 heavy (non-hydrogen) atoms. The first-order valence-corrected chi connectivity index (χ1v) is 8.18. The Hall–Kier alpha value is -2.08. The number of aliphatic hydroxyl groups excluding tert-OH is 1. The van der Waals surface area contributed by atoms with Gasteiger partial charge in [0.25, 0.3) is 5.91 Å². The molecule has 0 unspecified atom stereocenters. The Morgan fingerprint density at radius 1 is 1.30 bits per heavy atom. The molecule has 0 aliphatic carbocycles.